The van der Waals surface area contributed by atoms with Crippen LogP contribution in [-0.4, -0.2) is 11.1 Å². The number of para-hydroxylation sites is 1. The maximum Gasteiger partial charge on any atom is 0.339 e. The summed E-state index contributed by atoms with van der Waals surface area (Å²) in [5.41, 5.74) is 1.29. The van der Waals surface area contributed by atoms with Gasteiger partial charge in [0.2, 0.25) is 0 Å². The molecule has 2 aromatic carbocycles. The van der Waals surface area contributed by atoms with Gasteiger partial charge in [-0.05, 0) is 18.2 Å². The summed E-state index contributed by atoms with van der Waals surface area (Å²) in [5.74, 6) is -0.990. The molecule has 0 saturated carbocycles. The maximum absolute atomic E-state index is 11.2. The number of aromatic carboxylic acids is 1. The zero-order valence-corrected chi connectivity index (χ0v) is 10.2. The molecule has 4 heteroatoms. The minimum absolute atomic E-state index is 0.172. The van der Waals surface area contributed by atoms with Gasteiger partial charge >= 0.3 is 5.97 Å². The molecule has 1 heterocycles. The Labute approximate surface area is 105 Å². The second kappa shape index (κ2) is 3.60. The predicted molar refractivity (Wildman–Crippen MR) is 68.4 cm³/mol. The number of carbonyl (C=O) groups is 1. The predicted octanol–water partition coefficient (Wildman–Crippen LogP) is 4.05. The molecule has 0 aliphatic carbocycles. The summed E-state index contributed by atoms with van der Waals surface area (Å²) in [7, 11) is 0. The lowest BCUT2D eigenvalue weighted by Crippen LogP contribution is -1.96. The van der Waals surface area contributed by atoms with Crippen LogP contribution in [0.2, 0.25) is 0 Å². The van der Waals surface area contributed by atoms with Crippen LogP contribution in [0.4, 0.5) is 0 Å². The maximum atomic E-state index is 11.2. The Morgan fingerprint density at radius 2 is 1.94 bits per heavy atom. The van der Waals surface area contributed by atoms with Gasteiger partial charge in [-0.3, -0.25) is 0 Å². The number of halogens is 1. The fraction of sp³-hybridized carbons (Fsp3) is 0. The van der Waals surface area contributed by atoms with E-state index >= 15 is 0 Å². The Balaban J connectivity index is 2.55. The Hall–Kier alpha value is -1.81. The van der Waals surface area contributed by atoms with Gasteiger partial charge in [0.05, 0.1) is 0 Å². The van der Waals surface area contributed by atoms with Gasteiger partial charge in [0.1, 0.15) is 16.7 Å². The van der Waals surface area contributed by atoms with E-state index in [2.05, 4.69) is 15.9 Å². The topological polar surface area (TPSA) is 50.4 Å². The summed E-state index contributed by atoms with van der Waals surface area (Å²) in [6, 6.07) is 10.9. The normalized spacial score (nSPS) is 11.1. The molecule has 0 saturated heterocycles. The highest BCUT2D eigenvalue weighted by Gasteiger charge is 2.16. The van der Waals surface area contributed by atoms with E-state index < -0.39 is 5.97 Å². The molecule has 0 atom stereocenters. The van der Waals surface area contributed by atoms with Gasteiger partial charge in [0.25, 0.3) is 0 Å². The SMILES string of the molecule is O=C(O)c1cc(Br)cc2c1oc1ccccc12. The molecular weight excluding hydrogens is 284 g/mol. The van der Waals surface area contributed by atoms with Crippen molar-refractivity contribution in [3.63, 3.8) is 0 Å². The molecule has 0 aliphatic heterocycles. The minimum atomic E-state index is -0.990. The molecule has 3 rings (SSSR count). The van der Waals surface area contributed by atoms with E-state index in [1.807, 2.05) is 30.3 Å². The number of benzene rings is 2. The Bertz CT molecular complexity index is 743. The highest BCUT2D eigenvalue weighted by molar-refractivity contribution is 9.10. The van der Waals surface area contributed by atoms with Crippen molar-refractivity contribution in [1.29, 1.82) is 0 Å². The third-order valence-electron chi connectivity index (χ3n) is 2.67. The van der Waals surface area contributed by atoms with Crippen molar-refractivity contribution >= 4 is 43.8 Å². The average Bonchev–Trinajstić information content (AvgIpc) is 2.66. The van der Waals surface area contributed by atoms with E-state index in [9.17, 15) is 4.79 Å². The van der Waals surface area contributed by atoms with Crippen LogP contribution in [-0.2, 0) is 0 Å². The highest BCUT2D eigenvalue weighted by Crippen LogP contribution is 2.33. The molecular formula is C13H7BrO3. The van der Waals surface area contributed by atoms with E-state index in [1.165, 1.54) is 0 Å². The van der Waals surface area contributed by atoms with Crippen LogP contribution in [0, 0.1) is 0 Å². The summed E-state index contributed by atoms with van der Waals surface area (Å²) < 4.78 is 6.33. The number of carboxylic acid groups (broad SMARTS) is 1. The van der Waals surface area contributed by atoms with Crippen LogP contribution >= 0.6 is 15.9 Å². The molecule has 3 nitrogen and oxygen atoms in total. The molecule has 0 radical (unpaired) electrons. The number of hydrogen-bond donors (Lipinski definition) is 1. The van der Waals surface area contributed by atoms with Gasteiger partial charge in [-0.25, -0.2) is 4.79 Å². The lowest BCUT2D eigenvalue weighted by Gasteiger charge is -1.97. The summed E-state index contributed by atoms with van der Waals surface area (Å²) in [6.07, 6.45) is 0. The summed E-state index contributed by atoms with van der Waals surface area (Å²) in [6.45, 7) is 0. The first-order valence-electron chi connectivity index (χ1n) is 5.01. The van der Waals surface area contributed by atoms with E-state index in [-0.39, 0.29) is 5.56 Å². The van der Waals surface area contributed by atoms with Crippen LogP contribution < -0.4 is 0 Å². The van der Waals surface area contributed by atoms with E-state index in [0.717, 1.165) is 15.2 Å². The van der Waals surface area contributed by atoms with Crippen LogP contribution in [0.25, 0.3) is 21.9 Å². The molecule has 0 unspecified atom stereocenters. The summed E-state index contributed by atoms with van der Waals surface area (Å²) in [4.78, 5) is 11.2. The number of carboxylic acids is 1. The zero-order chi connectivity index (χ0) is 12.0. The second-order valence-electron chi connectivity index (χ2n) is 3.73. The van der Waals surface area contributed by atoms with Crippen molar-refractivity contribution in [3.05, 3.63) is 46.4 Å². The molecule has 1 aromatic heterocycles. The van der Waals surface area contributed by atoms with Crippen molar-refractivity contribution < 1.29 is 14.3 Å². The quantitative estimate of drug-likeness (QED) is 0.736. The number of furan rings is 1. The van der Waals surface area contributed by atoms with Crippen molar-refractivity contribution in [3.8, 4) is 0 Å². The largest absolute Gasteiger partial charge is 0.478 e. The molecule has 0 fully saturated rings. The smallest absolute Gasteiger partial charge is 0.339 e. The first-order valence-corrected chi connectivity index (χ1v) is 5.80. The van der Waals surface area contributed by atoms with E-state index in [1.54, 1.807) is 6.07 Å². The zero-order valence-electron chi connectivity index (χ0n) is 8.61. The van der Waals surface area contributed by atoms with Gasteiger partial charge < -0.3 is 9.52 Å². The molecule has 1 N–H and O–H groups in total. The minimum Gasteiger partial charge on any atom is -0.478 e. The summed E-state index contributed by atoms with van der Waals surface area (Å²) in [5, 5.41) is 10.9. The molecule has 0 amide bonds. The third kappa shape index (κ3) is 1.52. The molecule has 3 aromatic rings. The highest BCUT2D eigenvalue weighted by atomic mass is 79.9. The molecule has 0 aliphatic rings. The van der Waals surface area contributed by atoms with Crippen molar-refractivity contribution in [2.75, 3.05) is 0 Å². The first kappa shape index (κ1) is 10.4. The lowest BCUT2D eigenvalue weighted by molar-refractivity contribution is 0.0698. The van der Waals surface area contributed by atoms with Gasteiger partial charge in [-0.1, -0.05) is 34.1 Å². The number of rotatable bonds is 1. The van der Waals surface area contributed by atoms with E-state index in [0.29, 0.717) is 11.2 Å². The standard InChI is InChI=1S/C13H7BrO3/c14-7-5-9-8-3-1-2-4-11(8)17-12(9)10(6-7)13(15)16/h1-6H,(H,15,16). The monoisotopic (exact) mass is 290 g/mol. The molecule has 84 valence electrons. The summed E-state index contributed by atoms with van der Waals surface area (Å²) >= 11 is 3.32. The van der Waals surface area contributed by atoms with Gasteiger partial charge in [-0.2, -0.15) is 0 Å². The van der Waals surface area contributed by atoms with Crippen LogP contribution in [0.5, 0.6) is 0 Å². The third-order valence-corrected chi connectivity index (χ3v) is 3.13. The molecule has 17 heavy (non-hydrogen) atoms. The van der Waals surface area contributed by atoms with Gasteiger partial charge in [0.15, 0.2) is 0 Å². The lowest BCUT2D eigenvalue weighted by atomic mass is 10.1. The molecule has 0 spiro atoms. The van der Waals surface area contributed by atoms with Crippen LogP contribution in [0.15, 0.2) is 45.3 Å². The fourth-order valence-electron chi connectivity index (χ4n) is 1.95. The van der Waals surface area contributed by atoms with E-state index in [4.69, 9.17) is 9.52 Å². The number of hydrogen-bond acceptors (Lipinski definition) is 2. The Kier molecular flexibility index (Phi) is 2.19. The van der Waals surface area contributed by atoms with Gasteiger partial charge in [-0.15, -0.1) is 0 Å². The molecule has 0 bridgehead atoms. The number of fused-ring (bicyclic) bond motifs is 3. The van der Waals surface area contributed by atoms with Gasteiger partial charge in [0, 0.05) is 15.2 Å². The van der Waals surface area contributed by atoms with Crippen LogP contribution in [0.1, 0.15) is 10.4 Å². The van der Waals surface area contributed by atoms with Crippen molar-refractivity contribution in [2.24, 2.45) is 0 Å². The first-order chi connectivity index (χ1) is 8.16. The van der Waals surface area contributed by atoms with Crippen LogP contribution in [0.3, 0.4) is 0 Å². The van der Waals surface area contributed by atoms with Crippen molar-refractivity contribution in [2.45, 2.75) is 0 Å². The fourth-order valence-corrected chi connectivity index (χ4v) is 2.41. The Morgan fingerprint density at radius 1 is 1.18 bits per heavy atom. The average molecular weight is 291 g/mol. The second-order valence-corrected chi connectivity index (χ2v) is 4.65. The van der Waals surface area contributed by atoms with Crippen molar-refractivity contribution in [1.82, 2.24) is 0 Å². The Morgan fingerprint density at radius 3 is 2.71 bits per heavy atom.